The summed E-state index contributed by atoms with van der Waals surface area (Å²) in [4.78, 5) is 16.3. The van der Waals surface area contributed by atoms with E-state index in [2.05, 4.69) is 50.5 Å². The monoisotopic (exact) mass is 544 g/mol. The molecule has 7 nitrogen and oxygen atoms in total. The van der Waals surface area contributed by atoms with Gasteiger partial charge in [-0.1, -0.05) is 13.8 Å². The average molecular weight is 545 g/mol. The normalized spacial score (nSPS) is 12.7. The second-order valence-corrected chi connectivity index (χ2v) is 10.1. The van der Waals surface area contributed by atoms with Crippen LogP contribution < -0.4 is 16.2 Å². The number of nitrogens with two attached hydrogens (primary N) is 2. The molecule has 4 N–H and O–H groups in total. The molecular formula is C30H42F2N4O3. The third-order valence-electron chi connectivity index (χ3n) is 6.78. The van der Waals surface area contributed by atoms with Crippen LogP contribution in [0, 0.1) is 0 Å². The molecule has 0 aliphatic heterocycles. The minimum absolute atomic E-state index is 0.0451. The molecular weight excluding hydrogens is 502 g/mol. The summed E-state index contributed by atoms with van der Waals surface area (Å²) in [5, 5.41) is 1.09. The van der Waals surface area contributed by atoms with Gasteiger partial charge in [-0.05, 0) is 69.9 Å². The summed E-state index contributed by atoms with van der Waals surface area (Å²) in [6, 6.07) is 11.6. The fourth-order valence-corrected chi connectivity index (χ4v) is 4.65. The smallest absolute Gasteiger partial charge is 0.324 e. The van der Waals surface area contributed by atoms with Gasteiger partial charge in [-0.2, -0.15) is 0 Å². The first kappa shape index (κ1) is 30.5. The zero-order chi connectivity index (χ0) is 28.6. The van der Waals surface area contributed by atoms with E-state index in [0.29, 0.717) is 5.75 Å². The number of pyridine rings is 1. The molecule has 1 aromatic carbocycles. The highest BCUT2D eigenvalue weighted by atomic mass is 19.3. The lowest BCUT2D eigenvalue weighted by Gasteiger charge is -2.18. The van der Waals surface area contributed by atoms with Crippen molar-refractivity contribution >= 4 is 16.9 Å². The molecule has 0 saturated heterocycles. The third-order valence-corrected chi connectivity index (χ3v) is 6.78. The number of fused-ring (bicyclic) bond motifs is 1. The van der Waals surface area contributed by atoms with Gasteiger partial charge < -0.3 is 25.5 Å². The van der Waals surface area contributed by atoms with Crippen molar-refractivity contribution in [2.75, 3.05) is 19.8 Å². The topological polar surface area (TPSA) is 105 Å². The number of rotatable bonds is 15. The highest BCUT2D eigenvalue weighted by Gasteiger charge is 2.28. The molecule has 0 amide bonds. The van der Waals surface area contributed by atoms with E-state index in [-0.39, 0.29) is 51.5 Å². The Balaban J connectivity index is 1.62. The Labute approximate surface area is 229 Å². The van der Waals surface area contributed by atoms with Crippen LogP contribution in [0.25, 0.3) is 22.2 Å². The highest BCUT2D eigenvalue weighted by molar-refractivity contribution is 5.88. The van der Waals surface area contributed by atoms with Gasteiger partial charge in [0, 0.05) is 53.8 Å². The van der Waals surface area contributed by atoms with Gasteiger partial charge in [-0.3, -0.25) is 9.78 Å². The standard InChI is InChI=1S/C30H42F2N4O3/c1-5-22-10-12-24(26(6-2)35-22)28-17-21-9-11-23(18-27(21)36(28)20(3)4)38-15-7-13-30(31,32)14-8-16-39-29(37)25(34)19-33/h9-12,17-18,20,25H,5-8,13-16,19,33-34H2,1-4H3. The van der Waals surface area contributed by atoms with Crippen LogP contribution in [-0.4, -0.2) is 47.2 Å². The van der Waals surface area contributed by atoms with Crippen molar-refractivity contribution in [3.05, 3.63) is 47.8 Å². The van der Waals surface area contributed by atoms with Crippen LogP contribution in [0.3, 0.4) is 0 Å². The number of nitrogens with zero attached hydrogens (tertiary/aromatic N) is 2. The Morgan fingerprint density at radius 3 is 2.41 bits per heavy atom. The first-order valence-electron chi connectivity index (χ1n) is 13.9. The molecule has 214 valence electrons. The van der Waals surface area contributed by atoms with Crippen molar-refractivity contribution in [3.63, 3.8) is 0 Å². The van der Waals surface area contributed by atoms with E-state index in [4.69, 9.17) is 25.9 Å². The van der Waals surface area contributed by atoms with Gasteiger partial charge in [0.05, 0.1) is 24.4 Å². The van der Waals surface area contributed by atoms with Gasteiger partial charge in [-0.15, -0.1) is 0 Å². The predicted molar refractivity (Wildman–Crippen MR) is 151 cm³/mol. The van der Waals surface area contributed by atoms with Crippen molar-refractivity contribution in [1.29, 1.82) is 0 Å². The zero-order valence-corrected chi connectivity index (χ0v) is 23.5. The summed E-state index contributed by atoms with van der Waals surface area (Å²) in [5.41, 5.74) is 16.2. The summed E-state index contributed by atoms with van der Waals surface area (Å²) < 4.78 is 41.6. The van der Waals surface area contributed by atoms with Crippen LogP contribution in [0.2, 0.25) is 0 Å². The largest absolute Gasteiger partial charge is 0.494 e. The van der Waals surface area contributed by atoms with Gasteiger partial charge >= 0.3 is 5.97 Å². The molecule has 0 radical (unpaired) electrons. The fourth-order valence-electron chi connectivity index (χ4n) is 4.65. The number of ether oxygens (including phenoxy) is 2. The molecule has 1 atom stereocenters. The Morgan fingerprint density at radius 1 is 1.05 bits per heavy atom. The summed E-state index contributed by atoms with van der Waals surface area (Å²) in [6.07, 6.45) is 1.32. The average Bonchev–Trinajstić information content (AvgIpc) is 3.31. The summed E-state index contributed by atoms with van der Waals surface area (Å²) >= 11 is 0. The number of esters is 1. The molecule has 0 saturated carbocycles. The number of hydrogen-bond acceptors (Lipinski definition) is 6. The predicted octanol–water partition coefficient (Wildman–Crippen LogP) is 5.81. The second kappa shape index (κ2) is 13.8. The van der Waals surface area contributed by atoms with Gasteiger partial charge in [0.2, 0.25) is 5.92 Å². The molecule has 9 heteroatoms. The lowest BCUT2D eigenvalue weighted by Crippen LogP contribution is -2.39. The van der Waals surface area contributed by atoms with E-state index < -0.39 is 17.9 Å². The molecule has 0 aliphatic carbocycles. The minimum atomic E-state index is -2.87. The zero-order valence-electron chi connectivity index (χ0n) is 23.5. The van der Waals surface area contributed by atoms with Crippen LogP contribution in [0.1, 0.15) is 70.8 Å². The molecule has 1 unspecified atom stereocenters. The number of halogens is 2. The van der Waals surface area contributed by atoms with Gasteiger partial charge in [0.15, 0.2) is 0 Å². The lowest BCUT2D eigenvalue weighted by atomic mass is 10.1. The number of carbonyl (C=O) groups is 1. The number of aromatic nitrogens is 2. The van der Waals surface area contributed by atoms with Crippen molar-refractivity contribution in [1.82, 2.24) is 9.55 Å². The van der Waals surface area contributed by atoms with Crippen LogP contribution in [-0.2, 0) is 22.4 Å². The molecule has 3 rings (SSSR count). The molecule has 0 bridgehead atoms. The summed E-state index contributed by atoms with van der Waals surface area (Å²) in [7, 11) is 0. The second-order valence-electron chi connectivity index (χ2n) is 10.1. The lowest BCUT2D eigenvalue weighted by molar-refractivity contribution is -0.145. The summed E-state index contributed by atoms with van der Waals surface area (Å²) in [5.74, 6) is -2.88. The molecule has 39 heavy (non-hydrogen) atoms. The molecule has 2 aromatic heterocycles. The number of alkyl halides is 2. The van der Waals surface area contributed by atoms with Crippen molar-refractivity contribution < 1.29 is 23.0 Å². The Morgan fingerprint density at radius 2 is 1.77 bits per heavy atom. The van der Waals surface area contributed by atoms with Gasteiger partial charge in [-0.25, -0.2) is 8.78 Å². The van der Waals surface area contributed by atoms with Crippen LogP contribution >= 0.6 is 0 Å². The first-order valence-corrected chi connectivity index (χ1v) is 13.9. The number of hydrogen-bond donors (Lipinski definition) is 2. The number of carbonyl (C=O) groups excluding carboxylic acids is 1. The Kier molecular flexibility index (Phi) is 10.8. The van der Waals surface area contributed by atoms with E-state index >= 15 is 0 Å². The number of aryl methyl sites for hydroxylation is 2. The van der Waals surface area contributed by atoms with E-state index in [1.54, 1.807) is 0 Å². The molecule has 0 spiro atoms. The van der Waals surface area contributed by atoms with E-state index in [0.717, 1.165) is 46.4 Å². The molecule has 0 fully saturated rings. The number of benzene rings is 1. The maximum Gasteiger partial charge on any atom is 0.324 e. The van der Waals surface area contributed by atoms with E-state index in [9.17, 15) is 13.6 Å². The third kappa shape index (κ3) is 7.99. The molecule has 2 heterocycles. The first-order chi connectivity index (χ1) is 18.6. The maximum absolute atomic E-state index is 14.3. The molecule has 0 aliphatic rings. The highest BCUT2D eigenvalue weighted by Crippen LogP contribution is 2.35. The van der Waals surface area contributed by atoms with Crippen LogP contribution in [0.15, 0.2) is 36.4 Å². The Hall–Kier alpha value is -3.04. The van der Waals surface area contributed by atoms with Gasteiger partial charge in [0.25, 0.3) is 0 Å². The van der Waals surface area contributed by atoms with E-state index in [1.165, 1.54) is 0 Å². The maximum atomic E-state index is 14.3. The quantitative estimate of drug-likeness (QED) is 0.185. The fraction of sp³-hybridized carbons (Fsp3) is 0.533. The van der Waals surface area contributed by atoms with Crippen molar-refractivity contribution in [3.8, 4) is 17.0 Å². The summed E-state index contributed by atoms with van der Waals surface area (Å²) in [6.45, 7) is 8.55. The molecule has 3 aromatic rings. The van der Waals surface area contributed by atoms with Crippen molar-refractivity contribution in [2.45, 2.75) is 84.2 Å². The minimum Gasteiger partial charge on any atom is -0.494 e. The SMILES string of the molecule is CCc1ccc(-c2cc3ccc(OCCCC(F)(F)CCCOC(=O)C(N)CN)cc3n2C(C)C)c(CC)n1. The Bertz CT molecular complexity index is 1240. The van der Waals surface area contributed by atoms with Crippen LogP contribution in [0.5, 0.6) is 5.75 Å². The van der Waals surface area contributed by atoms with Gasteiger partial charge in [0.1, 0.15) is 11.8 Å². The van der Waals surface area contributed by atoms with Crippen LogP contribution in [0.4, 0.5) is 8.78 Å². The van der Waals surface area contributed by atoms with Crippen molar-refractivity contribution in [2.24, 2.45) is 11.5 Å². The van der Waals surface area contributed by atoms with E-state index in [1.807, 2.05) is 18.2 Å².